The molecule has 0 bridgehead atoms. The molecule has 4 rings (SSSR count). The lowest BCUT2D eigenvalue weighted by molar-refractivity contribution is -0.111. The lowest BCUT2D eigenvalue weighted by Crippen LogP contribution is -2.15. The van der Waals surface area contributed by atoms with E-state index in [1.807, 2.05) is 0 Å². The van der Waals surface area contributed by atoms with E-state index >= 15 is 0 Å². The van der Waals surface area contributed by atoms with Crippen molar-refractivity contribution in [2.75, 3.05) is 5.32 Å². The summed E-state index contributed by atoms with van der Waals surface area (Å²) in [5.41, 5.74) is 0.721. The molecule has 2 fully saturated rings. The molecule has 1 N–H and O–H groups in total. The van der Waals surface area contributed by atoms with Gasteiger partial charge >= 0.3 is 0 Å². The number of sulfone groups is 1. The van der Waals surface area contributed by atoms with Gasteiger partial charge in [-0.15, -0.1) is 0 Å². The van der Waals surface area contributed by atoms with Crippen LogP contribution < -0.4 is 5.32 Å². The summed E-state index contributed by atoms with van der Waals surface area (Å²) < 4.78 is 52.9. The molecule has 0 spiro atoms. The molecule has 160 valence electrons. The highest BCUT2D eigenvalue weighted by atomic mass is 79.9. The molecule has 1 aromatic carbocycles. The number of alkyl halides is 2. The van der Waals surface area contributed by atoms with E-state index in [4.69, 9.17) is 0 Å². The van der Waals surface area contributed by atoms with E-state index in [9.17, 15) is 22.0 Å². The van der Waals surface area contributed by atoms with Gasteiger partial charge in [0.2, 0.25) is 0 Å². The highest BCUT2D eigenvalue weighted by molar-refractivity contribution is 9.11. The number of allylic oxidation sites excluding steroid dienone is 1. The van der Waals surface area contributed by atoms with Crippen LogP contribution in [0.4, 0.5) is 13.9 Å². The van der Waals surface area contributed by atoms with Gasteiger partial charge in [-0.05, 0) is 65.2 Å². The van der Waals surface area contributed by atoms with E-state index in [1.165, 1.54) is 23.5 Å². The molecule has 2 saturated carbocycles. The Bertz CT molecular complexity index is 1070. The van der Waals surface area contributed by atoms with Crippen LogP contribution in [0.15, 0.2) is 45.2 Å². The monoisotopic (exact) mass is 516 g/mol. The maximum Gasteiger partial charge on any atom is 0.257 e. The Balaban J connectivity index is 1.63. The number of anilines is 1. The smallest absolute Gasteiger partial charge is 0.257 e. The minimum atomic E-state index is -3.34. The van der Waals surface area contributed by atoms with Gasteiger partial charge in [-0.2, -0.15) is 0 Å². The first kappa shape index (κ1) is 21.6. The normalized spacial score (nSPS) is 24.8. The van der Waals surface area contributed by atoms with Gasteiger partial charge in [-0.1, -0.05) is 29.5 Å². The Hall–Kier alpha value is -1.65. The molecule has 0 unspecified atom stereocenters. The predicted molar refractivity (Wildman–Crippen MR) is 116 cm³/mol. The lowest BCUT2D eigenvalue weighted by atomic mass is 9.98. The summed E-state index contributed by atoms with van der Waals surface area (Å²) in [6, 6.07) is 6.09. The number of hydrogen-bond acceptors (Lipinski definition) is 5. The Morgan fingerprint density at radius 2 is 1.80 bits per heavy atom. The first-order valence-corrected chi connectivity index (χ1v) is 12.7. The number of rotatable bonds is 6. The van der Waals surface area contributed by atoms with Crippen LogP contribution in [0.5, 0.6) is 0 Å². The standard InChI is InChI=1S/C20H19BrF2N2O3S2/c21-18-10-24-20(29-18)25-19(26)15(7-11-8-16(22)17(23)9-11)12-1-3-13(4-2-12)30(27,28)14-5-6-14/h1-4,7,10-11,14,16-17H,5-6,8-9H2,(H,24,25,26)/b15-7+/t11-,16+,17-. The highest BCUT2D eigenvalue weighted by Gasteiger charge is 2.37. The molecule has 1 heterocycles. The molecular formula is C20H19BrF2N2O3S2. The number of benzene rings is 1. The van der Waals surface area contributed by atoms with Crippen LogP contribution in [0, 0.1) is 5.92 Å². The molecular weight excluding hydrogens is 498 g/mol. The van der Waals surface area contributed by atoms with Crippen LogP contribution in [0.1, 0.15) is 31.2 Å². The zero-order chi connectivity index (χ0) is 21.5. The van der Waals surface area contributed by atoms with Crippen molar-refractivity contribution < 1.29 is 22.0 Å². The zero-order valence-electron chi connectivity index (χ0n) is 15.7. The van der Waals surface area contributed by atoms with Crippen molar-refractivity contribution in [3.05, 3.63) is 45.9 Å². The number of nitrogens with one attached hydrogen (secondary N) is 1. The van der Waals surface area contributed by atoms with E-state index in [-0.39, 0.29) is 28.6 Å². The van der Waals surface area contributed by atoms with Gasteiger partial charge in [0.05, 0.1) is 20.1 Å². The molecule has 1 amide bonds. The van der Waals surface area contributed by atoms with E-state index in [2.05, 4.69) is 26.2 Å². The van der Waals surface area contributed by atoms with Crippen molar-refractivity contribution in [3.8, 4) is 0 Å². The second-order valence-corrected chi connectivity index (χ2v) is 12.2. The fraction of sp³-hybridized carbons (Fsp3) is 0.400. The number of aromatic nitrogens is 1. The molecule has 0 radical (unpaired) electrons. The summed E-state index contributed by atoms with van der Waals surface area (Å²) >= 11 is 4.52. The minimum Gasteiger partial charge on any atom is -0.298 e. The van der Waals surface area contributed by atoms with E-state index in [0.29, 0.717) is 23.5 Å². The Morgan fingerprint density at radius 3 is 2.33 bits per heavy atom. The molecule has 5 nitrogen and oxygen atoms in total. The summed E-state index contributed by atoms with van der Waals surface area (Å²) in [6.07, 6.45) is 1.39. The fourth-order valence-corrected chi connectivity index (χ4v) is 6.28. The van der Waals surface area contributed by atoms with E-state index in [0.717, 1.165) is 3.79 Å². The molecule has 0 saturated heterocycles. The summed E-state index contributed by atoms with van der Waals surface area (Å²) in [4.78, 5) is 17.2. The molecule has 2 aliphatic rings. The number of carbonyl (C=O) groups excluding carboxylic acids is 1. The van der Waals surface area contributed by atoms with Crippen LogP contribution >= 0.6 is 27.3 Å². The second-order valence-electron chi connectivity index (χ2n) is 7.54. The van der Waals surface area contributed by atoms with E-state index < -0.39 is 34.0 Å². The molecule has 3 atom stereocenters. The maximum absolute atomic E-state index is 13.7. The van der Waals surface area contributed by atoms with Gasteiger partial charge in [0, 0.05) is 5.57 Å². The van der Waals surface area contributed by atoms with Crippen LogP contribution in [0.2, 0.25) is 0 Å². The quantitative estimate of drug-likeness (QED) is 0.551. The number of amides is 1. The third-order valence-corrected chi connectivity index (χ3v) is 8.92. The zero-order valence-corrected chi connectivity index (χ0v) is 18.9. The number of carbonyl (C=O) groups is 1. The van der Waals surface area contributed by atoms with Crippen LogP contribution in [0.25, 0.3) is 5.57 Å². The van der Waals surface area contributed by atoms with Crippen molar-refractivity contribution in [1.82, 2.24) is 4.98 Å². The van der Waals surface area contributed by atoms with Crippen molar-refractivity contribution in [3.63, 3.8) is 0 Å². The summed E-state index contributed by atoms with van der Waals surface area (Å²) in [6.45, 7) is 0. The van der Waals surface area contributed by atoms with Crippen LogP contribution in [0.3, 0.4) is 0 Å². The number of thiazole rings is 1. The molecule has 30 heavy (non-hydrogen) atoms. The SMILES string of the molecule is O=C(Nc1ncc(Br)s1)/C(=C/[C@H]1C[C@@H](F)[C@@H](F)C1)c1ccc(S(=O)(=O)C2CC2)cc1. The molecule has 2 aliphatic carbocycles. The van der Waals surface area contributed by atoms with Crippen molar-refractivity contribution in [1.29, 1.82) is 0 Å². The summed E-state index contributed by atoms with van der Waals surface area (Å²) in [5.74, 6) is -0.888. The minimum absolute atomic E-state index is 0.00882. The van der Waals surface area contributed by atoms with Gasteiger partial charge in [-0.25, -0.2) is 22.2 Å². The Labute approximate surface area is 185 Å². The van der Waals surface area contributed by atoms with Gasteiger partial charge in [-0.3, -0.25) is 10.1 Å². The summed E-state index contributed by atoms with van der Waals surface area (Å²) in [5, 5.41) is 2.75. The van der Waals surface area contributed by atoms with Crippen LogP contribution in [-0.2, 0) is 14.6 Å². The third kappa shape index (κ3) is 4.65. The van der Waals surface area contributed by atoms with Gasteiger partial charge in [0.25, 0.3) is 5.91 Å². The van der Waals surface area contributed by atoms with Gasteiger partial charge in [0.1, 0.15) is 12.3 Å². The second kappa shape index (κ2) is 8.47. The fourth-order valence-electron chi connectivity index (χ4n) is 3.52. The predicted octanol–water partition coefficient (Wildman–Crippen LogP) is 4.95. The van der Waals surface area contributed by atoms with Crippen molar-refractivity contribution in [2.45, 2.75) is 48.2 Å². The molecule has 10 heteroatoms. The summed E-state index contributed by atoms with van der Waals surface area (Å²) in [7, 11) is -3.34. The number of nitrogens with zero attached hydrogens (tertiary/aromatic N) is 1. The Morgan fingerprint density at radius 1 is 1.17 bits per heavy atom. The average molecular weight is 517 g/mol. The van der Waals surface area contributed by atoms with Crippen molar-refractivity contribution in [2.24, 2.45) is 5.92 Å². The maximum atomic E-state index is 13.7. The third-order valence-electron chi connectivity index (χ3n) is 5.25. The largest absolute Gasteiger partial charge is 0.298 e. The number of halogens is 3. The molecule has 0 aliphatic heterocycles. The first-order chi connectivity index (χ1) is 14.2. The van der Waals surface area contributed by atoms with Crippen molar-refractivity contribution >= 4 is 53.7 Å². The lowest BCUT2D eigenvalue weighted by Gasteiger charge is -2.12. The van der Waals surface area contributed by atoms with E-state index in [1.54, 1.807) is 24.4 Å². The topological polar surface area (TPSA) is 76.1 Å². The average Bonchev–Trinajstić information content (AvgIpc) is 3.42. The van der Waals surface area contributed by atoms with Crippen LogP contribution in [-0.4, -0.2) is 36.9 Å². The van der Waals surface area contributed by atoms with Gasteiger partial charge in [0.15, 0.2) is 15.0 Å². The first-order valence-electron chi connectivity index (χ1n) is 9.51. The molecule has 2 aromatic rings. The Kier molecular flexibility index (Phi) is 6.09. The number of hydrogen-bond donors (Lipinski definition) is 1. The van der Waals surface area contributed by atoms with Gasteiger partial charge < -0.3 is 0 Å². The highest BCUT2D eigenvalue weighted by Crippen LogP contribution is 2.36. The molecule has 1 aromatic heterocycles.